The van der Waals surface area contributed by atoms with Crippen LogP contribution in [0, 0.1) is 6.92 Å². The summed E-state index contributed by atoms with van der Waals surface area (Å²) in [4.78, 5) is 13.4. The summed E-state index contributed by atoms with van der Waals surface area (Å²) < 4.78 is 0. The van der Waals surface area contributed by atoms with Crippen LogP contribution in [-0.2, 0) is 0 Å². The standard InChI is InChI=1S/C18H22N4S/c1-12-10-15-17(19-11-20-18(15)23-12)21-13(2)16(22(3)4)14-8-6-5-7-9-14/h5-11,13,16H,1-4H3,(H,19,20,21). The zero-order valence-electron chi connectivity index (χ0n) is 13.9. The van der Waals surface area contributed by atoms with Crippen LogP contribution < -0.4 is 5.32 Å². The third kappa shape index (κ3) is 3.35. The first-order valence-electron chi connectivity index (χ1n) is 7.75. The van der Waals surface area contributed by atoms with Crippen molar-refractivity contribution in [3.05, 3.63) is 53.2 Å². The number of hydrogen-bond donors (Lipinski definition) is 1. The molecule has 0 radical (unpaired) electrons. The summed E-state index contributed by atoms with van der Waals surface area (Å²) >= 11 is 1.70. The van der Waals surface area contributed by atoms with Gasteiger partial charge in [-0.15, -0.1) is 11.3 Å². The Morgan fingerprint density at radius 2 is 1.87 bits per heavy atom. The Bertz CT molecular complexity index is 782. The molecule has 2 heterocycles. The van der Waals surface area contributed by atoms with Gasteiger partial charge in [0.25, 0.3) is 0 Å². The van der Waals surface area contributed by atoms with Gasteiger partial charge < -0.3 is 10.2 Å². The first-order chi connectivity index (χ1) is 11.1. The van der Waals surface area contributed by atoms with Gasteiger partial charge in [-0.1, -0.05) is 30.3 Å². The maximum absolute atomic E-state index is 4.46. The third-order valence-corrected chi connectivity index (χ3v) is 4.95. The Kier molecular flexibility index (Phi) is 4.59. The lowest BCUT2D eigenvalue weighted by Crippen LogP contribution is -2.34. The second-order valence-corrected chi connectivity index (χ2v) is 7.29. The fourth-order valence-corrected chi connectivity index (χ4v) is 3.92. The molecule has 2 unspecified atom stereocenters. The molecule has 4 nitrogen and oxygen atoms in total. The molecule has 0 aliphatic rings. The van der Waals surface area contributed by atoms with Gasteiger partial charge in [0.2, 0.25) is 0 Å². The van der Waals surface area contributed by atoms with Crippen molar-refractivity contribution in [3.63, 3.8) is 0 Å². The highest BCUT2D eigenvalue weighted by atomic mass is 32.1. The van der Waals surface area contributed by atoms with Crippen molar-refractivity contribution in [1.82, 2.24) is 14.9 Å². The van der Waals surface area contributed by atoms with Crippen LogP contribution in [0.3, 0.4) is 0 Å². The Morgan fingerprint density at radius 3 is 2.57 bits per heavy atom. The summed E-state index contributed by atoms with van der Waals surface area (Å²) in [5.74, 6) is 0.912. The quantitative estimate of drug-likeness (QED) is 0.766. The SMILES string of the molecule is Cc1cc2c(NC(C)C(c3ccccc3)N(C)C)ncnc2s1. The summed E-state index contributed by atoms with van der Waals surface area (Å²) in [5.41, 5.74) is 1.30. The smallest absolute Gasteiger partial charge is 0.138 e. The predicted molar refractivity (Wildman–Crippen MR) is 98.1 cm³/mol. The first kappa shape index (κ1) is 15.9. The fraction of sp³-hybridized carbons (Fsp3) is 0.333. The van der Waals surface area contributed by atoms with E-state index in [1.54, 1.807) is 17.7 Å². The Morgan fingerprint density at radius 1 is 1.13 bits per heavy atom. The van der Waals surface area contributed by atoms with Gasteiger partial charge in [-0.2, -0.15) is 0 Å². The number of nitrogens with zero attached hydrogens (tertiary/aromatic N) is 3. The van der Waals surface area contributed by atoms with Gasteiger partial charge in [0.05, 0.1) is 11.4 Å². The summed E-state index contributed by atoms with van der Waals surface area (Å²) in [6, 6.07) is 13.2. The number of aryl methyl sites for hydroxylation is 1. The Labute approximate surface area is 141 Å². The minimum absolute atomic E-state index is 0.214. The molecule has 1 aromatic carbocycles. The van der Waals surface area contributed by atoms with E-state index in [0.29, 0.717) is 0 Å². The fourth-order valence-electron chi connectivity index (χ4n) is 3.07. The molecule has 23 heavy (non-hydrogen) atoms. The molecule has 0 aliphatic heterocycles. The molecule has 0 saturated heterocycles. The topological polar surface area (TPSA) is 41.0 Å². The second-order valence-electron chi connectivity index (χ2n) is 6.05. The van der Waals surface area contributed by atoms with Crippen LogP contribution in [0.15, 0.2) is 42.7 Å². The molecule has 0 spiro atoms. The number of rotatable bonds is 5. The highest BCUT2D eigenvalue weighted by Crippen LogP contribution is 2.30. The minimum Gasteiger partial charge on any atom is -0.365 e. The van der Waals surface area contributed by atoms with Gasteiger partial charge >= 0.3 is 0 Å². The van der Waals surface area contributed by atoms with E-state index in [1.807, 2.05) is 0 Å². The molecule has 0 bridgehead atoms. The molecule has 0 amide bonds. The number of thiophene rings is 1. The number of aromatic nitrogens is 2. The number of anilines is 1. The molecular weight excluding hydrogens is 304 g/mol. The van der Waals surface area contributed by atoms with Crippen LogP contribution in [0.25, 0.3) is 10.2 Å². The number of nitrogens with one attached hydrogen (secondary N) is 1. The molecule has 0 saturated carbocycles. The van der Waals surface area contributed by atoms with Crippen molar-refractivity contribution in [3.8, 4) is 0 Å². The van der Waals surface area contributed by atoms with Crippen LogP contribution in [0.5, 0.6) is 0 Å². The molecule has 0 fully saturated rings. The minimum atomic E-state index is 0.214. The lowest BCUT2D eigenvalue weighted by Gasteiger charge is -2.31. The molecular formula is C18H22N4S. The van der Waals surface area contributed by atoms with Gasteiger partial charge in [-0.3, -0.25) is 0 Å². The van der Waals surface area contributed by atoms with E-state index >= 15 is 0 Å². The molecule has 2 aromatic heterocycles. The second kappa shape index (κ2) is 6.64. The van der Waals surface area contributed by atoms with Crippen LogP contribution >= 0.6 is 11.3 Å². The van der Waals surface area contributed by atoms with Crippen molar-refractivity contribution in [2.75, 3.05) is 19.4 Å². The van der Waals surface area contributed by atoms with Crippen molar-refractivity contribution in [2.24, 2.45) is 0 Å². The average Bonchev–Trinajstić information content (AvgIpc) is 2.89. The molecule has 3 rings (SSSR count). The molecule has 2 atom stereocenters. The van der Waals surface area contributed by atoms with Crippen LogP contribution in [0.1, 0.15) is 23.4 Å². The molecule has 5 heteroatoms. The van der Waals surface area contributed by atoms with Crippen molar-refractivity contribution in [1.29, 1.82) is 0 Å². The van der Waals surface area contributed by atoms with Crippen LogP contribution in [-0.4, -0.2) is 35.0 Å². The highest BCUT2D eigenvalue weighted by Gasteiger charge is 2.22. The van der Waals surface area contributed by atoms with Crippen molar-refractivity contribution < 1.29 is 0 Å². The van der Waals surface area contributed by atoms with Gasteiger partial charge in [0.1, 0.15) is 17.0 Å². The first-order valence-corrected chi connectivity index (χ1v) is 8.57. The predicted octanol–water partition coefficient (Wildman–Crippen LogP) is 4.10. The summed E-state index contributed by atoms with van der Waals surface area (Å²) in [5, 5.41) is 4.70. The van der Waals surface area contributed by atoms with Crippen LogP contribution in [0.2, 0.25) is 0 Å². The summed E-state index contributed by atoms with van der Waals surface area (Å²) in [6.45, 7) is 4.30. The lowest BCUT2D eigenvalue weighted by molar-refractivity contribution is 0.275. The lowest BCUT2D eigenvalue weighted by atomic mass is 9.99. The summed E-state index contributed by atoms with van der Waals surface area (Å²) in [7, 11) is 4.22. The maximum atomic E-state index is 4.46. The normalized spacial score (nSPS) is 14.1. The molecule has 3 aromatic rings. The van der Waals surface area contributed by atoms with E-state index in [9.17, 15) is 0 Å². The van der Waals surface area contributed by atoms with Crippen LogP contribution in [0.4, 0.5) is 5.82 Å². The van der Waals surface area contributed by atoms with E-state index in [4.69, 9.17) is 0 Å². The number of benzene rings is 1. The number of likely N-dealkylation sites (N-methyl/N-ethyl adjacent to an activating group) is 1. The zero-order valence-corrected chi connectivity index (χ0v) is 14.8. The Balaban J connectivity index is 1.90. The number of hydrogen-bond acceptors (Lipinski definition) is 5. The van der Waals surface area contributed by atoms with Crippen molar-refractivity contribution in [2.45, 2.75) is 25.9 Å². The van der Waals surface area contributed by atoms with Gasteiger partial charge in [0.15, 0.2) is 0 Å². The summed E-state index contributed by atoms with van der Waals surface area (Å²) in [6.07, 6.45) is 1.64. The van der Waals surface area contributed by atoms with Gasteiger partial charge in [-0.25, -0.2) is 9.97 Å². The zero-order chi connectivity index (χ0) is 16.4. The third-order valence-electron chi connectivity index (χ3n) is 3.99. The average molecular weight is 326 g/mol. The van der Waals surface area contributed by atoms with Crippen molar-refractivity contribution >= 4 is 27.4 Å². The molecule has 0 aliphatic carbocycles. The molecule has 1 N–H and O–H groups in total. The molecule has 120 valence electrons. The highest BCUT2D eigenvalue weighted by molar-refractivity contribution is 7.18. The van der Waals surface area contributed by atoms with E-state index in [2.05, 4.69) is 84.5 Å². The van der Waals surface area contributed by atoms with E-state index < -0.39 is 0 Å². The monoisotopic (exact) mass is 326 g/mol. The van der Waals surface area contributed by atoms with Gasteiger partial charge in [-0.05, 0) is 39.6 Å². The van der Waals surface area contributed by atoms with E-state index in [1.165, 1.54) is 10.4 Å². The Hall–Kier alpha value is -1.98. The van der Waals surface area contributed by atoms with Gasteiger partial charge in [0, 0.05) is 10.9 Å². The van der Waals surface area contributed by atoms with E-state index in [-0.39, 0.29) is 12.1 Å². The number of fused-ring (bicyclic) bond motifs is 1. The maximum Gasteiger partial charge on any atom is 0.138 e. The largest absolute Gasteiger partial charge is 0.365 e. The van der Waals surface area contributed by atoms with E-state index in [0.717, 1.165) is 16.0 Å².